The van der Waals surface area contributed by atoms with E-state index in [1.165, 1.54) is 36.4 Å². The van der Waals surface area contributed by atoms with E-state index in [2.05, 4.69) is 31.7 Å². The van der Waals surface area contributed by atoms with E-state index in [4.69, 9.17) is 0 Å². The van der Waals surface area contributed by atoms with Crippen molar-refractivity contribution in [2.45, 2.75) is 0 Å². The van der Waals surface area contributed by atoms with E-state index >= 15 is 0 Å². The van der Waals surface area contributed by atoms with Gasteiger partial charge >= 0.3 is 65.1 Å². The first-order valence-corrected chi connectivity index (χ1v) is 17.2. The Labute approximate surface area is 341 Å². The molecule has 2 amide bonds. The molecule has 4 aromatic carbocycles. The first-order valence-electron chi connectivity index (χ1n) is 14.4. The van der Waals surface area contributed by atoms with Crippen LogP contribution in [-0.4, -0.2) is 55.0 Å². The number of hydrogen-bond acceptors (Lipinski definition) is 13. The molecule has 0 saturated carbocycles. The van der Waals surface area contributed by atoms with Crippen molar-refractivity contribution in [2.75, 3.05) is 21.5 Å². The number of para-hydroxylation sites is 2. The zero-order valence-corrected chi connectivity index (χ0v) is 32.9. The van der Waals surface area contributed by atoms with Crippen LogP contribution in [0.1, 0.15) is 31.8 Å². The number of allylic oxidation sites excluding steroid dienone is 2. The van der Waals surface area contributed by atoms with Crippen LogP contribution in [0.5, 0.6) is 0 Å². The third-order valence-electron chi connectivity index (χ3n) is 7.26. The summed E-state index contributed by atoms with van der Waals surface area (Å²) in [4.78, 5) is 37.6. The Kier molecular flexibility index (Phi) is 12.9. The molecule has 0 radical (unpaired) electrons. The number of ketones is 2. The summed E-state index contributed by atoms with van der Waals surface area (Å²) in [5.74, 6) is -1.67. The van der Waals surface area contributed by atoms with E-state index < -0.39 is 59.1 Å². The fraction of sp³-hybridized carbons (Fsp3) is 0. The van der Waals surface area contributed by atoms with Crippen molar-refractivity contribution in [1.29, 1.82) is 0 Å². The van der Waals surface area contributed by atoms with Crippen molar-refractivity contribution in [3.63, 3.8) is 0 Å². The summed E-state index contributed by atoms with van der Waals surface area (Å²) < 4.78 is 72.5. The molecule has 2 aliphatic rings. The minimum atomic E-state index is -5.15. The Morgan fingerprint density at radius 2 is 0.904 bits per heavy atom. The van der Waals surface area contributed by atoms with Crippen LogP contribution in [0.25, 0.3) is 12.2 Å². The van der Waals surface area contributed by atoms with E-state index in [0.717, 1.165) is 12.2 Å². The van der Waals surface area contributed by atoms with E-state index in [1.54, 1.807) is 60.7 Å². The molecule has 15 nitrogen and oxygen atoms in total. The standard InChI is InChI=1S/C33H24N6O9S2.2Na/c40-31-25-13-11-23(15-19(25)17-27(49(43,44)45)29(31)38-36-21-7-3-1-4-8-21)34-33(42)35-24-12-14-26-20(16-24)18-28(50(46,47)48)30(32(26)41)39-37-22-9-5-2-6-10-22;;/h1-18,36-37H,(H2,34,35,42)(H,43,44,45)(H,46,47,48);;/q;2*+1/p-2/b38-29-,39-30?;;. The van der Waals surface area contributed by atoms with Crippen molar-refractivity contribution in [3.8, 4) is 0 Å². The van der Waals surface area contributed by atoms with E-state index in [-0.39, 0.29) is 92.7 Å². The number of benzene rings is 4. The smallest absolute Gasteiger partial charge is 0.744 e. The molecule has 0 atom stereocenters. The minimum Gasteiger partial charge on any atom is -0.744 e. The number of carbonyl (C=O) groups is 3. The average Bonchev–Trinajstić information content (AvgIpc) is 3.07. The van der Waals surface area contributed by atoms with Gasteiger partial charge in [0.25, 0.3) is 0 Å². The normalized spacial score (nSPS) is 15.2. The Balaban J connectivity index is 0.00000302. The molecule has 0 unspecified atom stereocenters. The van der Waals surface area contributed by atoms with Crippen LogP contribution in [0.2, 0.25) is 0 Å². The van der Waals surface area contributed by atoms with Gasteiger partial charge in [0.15, 0.2) is 0 Å². The van der Waals surface area contributed by atoms with E-state index in [1.807, 2.05) is 0 Å². The summed E-state index contributed by atoms with van der Waals surface area (Å²) in [7, 11) is -10.3. The van der Waals surface area contributed by atoms with Crippen molar-refractivity contribution >= 4 is 84.2 Å². The first-order chi connectivity index (χ1) is 23.8. The van der Waals surface area contributed by atoms with Crippen LogP contribution >= 0.6 is 0 Å². The Hall–Kier alpha value is -4.27. The number of nitrogens with zero attached hydrogens (tertiary/aromatic N) is 2. The van der Waals surface area contributed by atoms with E-state index in [0.29, 0.717) is 11.4 Å². The number of carbonyl (C=O) groups excluding carboxylic acids is 3. The molecule has 0 aliphatic heterocycles. The summed E-state index contributed by atoms with van der Waals surface area (Å²) in [5, 5.41) is 12.8. The average molecular weight is 757 g/mol. The van der Waals surface area contributed by atoms with Crippen LogP contribution in [-0.2, 0) is 20.2 Å². The summed E-state index contributed by atoms with van der Waals surface area (Å²) in [5.41, 5.74) is 5.13. The second kappa shape index (κ2) is 16.6. The van der Waals surface area contributed by atoms with Crippen molar-refractivity contribution in [3.05, 3.63) is 129 Å². The maximum Gasteiger partial charge on any atom is 1.00 e. The summed E-state index contributed by atoms with van der Waals surface area (Å²) in [6.45, 7) is 0. The maximum atomic E-state index is 13.2. The zero-order chi connectivity index (χ0) is 35.6. The Morgan fingerprint density at radius 3 is 1.25 bits per heavy atom. The maximum absolute atomic E-state index is 13.2. The van der Waals surface area contributed by atoms with Crippen LogP contribution in [0, 0.1) is 0 Å². The van der Waals surface area contributed by atoms with Gasteiger partial charge in [0, 0.05) is 22.5 Å². The molecule has 4 aromatic rings. The molecule has 4 N–H and O–H groups in total. The van der Waals surface area contributed by atoms with Gasteiger partial charge < -0.3 is 19.7 Å². The van der Waals surface area contributed by atoms with E-state index in [9.17, 15) is 40.3 Å². The number of nitrogens with one attached hydrogen (secondary N) is 4. The number of Topliss-reactive ketones (excluding diaryl/α,β-unsaturated/α-hetero) is 2. The molecule has 0 bridgehead atoms. The second-order valence-corrected chi connectivity index (χ2v) is 13.3. The molecule has 19 heteroatoms. The SMILES string of the molecule is O=C(Nc1ccc2c(c1)C=C(S(=O)(=O)[O-])C(=NNc1ccccc1)C2=O)Nc1ccc2c(c1)C=C(S(=O)(=O)[O-])/C(=N/Nc1ccccc1)C2=O.[Na+].[Na+]. The summed E-state index contributed by atoms with van der Waals surface area (Å²) >= 11 is 0. The quantitative estimate of drug-likeness (QED) is 0.0911. The molecule has 0 heterocycles. The van der Waals surface area contributed by atoms with Crippen LogP contribution in [0.4, 0.5) is 27.5 Å². The van der Waals surface area contributed by atoms with Gasteiger partial charge in [0.1, 0.15) is 31.7 Å². The number of fused-ring (bicyclic) bond motifs is 2. The number of anilines is 4. The van der Waals surface area contributed by atoms with Gasteiger partial charge in [0.2, 0.25) is 11.6 Å². The molecule has 0 aromatic heterocycles. The fourth-order valence-corrected chi connectivity index (χ4v) is 6.28. The van der Waals surface area contributed by atoms with Gasteiger partial charge in [-0.2, -0.15) is 10.2 Å². The number of hydrogen-bond donors (Lipinski definition) is 4. The van der Waals surface area contributed by atoms with Crippen LogP contribution in [0.15, 0.2) is 117 Å². The van der Waals surface area contributed by atoms with Gasteiger partial charge in [-0.25, -0.2) is 21.6 Å². The minimum absolute atomic E-state index is 0. The predicted molar refractivity (Wildman–Crippen MR) is 185 cm³/mol. The largest absolute Gasteiger partial charge is 1.00 e. The number of rotatable bonds is 8. The number of amides is 2. The van der Waals surface area contributed by atoms with Gasteiger partial charge in [0.05, 0.1) is 21.2 Å². The Morgan fingerprint density at radius 1 is 0.538 bits per heavy atom. The third-order valence-corrected chi connectivity index (χ3v) is 8.96. The monoisotopic (exact) mass is 756 g/mol. The predicted octanol–water partition coefficient (Wildman–Crippen LogP) is -1.56. The molecule has 2 aliphatic carbocycles. The third kappa shape index (κ3) is 9.20. The molecule has 52 heavy (non-hydrogen) atoms. The first kappa shape index (κ1) is 40.5. The van der Waals surface area contributed by atoms with Gasteiger partial charge in [-0.05, 0) is 83.9 Å². The van der Waals surface area contributed by atoms with Gasteiger partial charge in [-0.1, -0.05) is 36.4 Å². The number of urea groups is 1. The van der Waals surface area contributed by atoms with Crippen molar-refractivity contribution < 1.29 is 99.4 Å². The topological polar surface area (TPSA) is 238 Å². The second-order valence-electron chi connectivity index (χ2n) is 10.6. The van der Waals surface area contributed by atoms with Crippen molar-refractivity contribution in [1.82, 2.24) is 0 Å². The Bertz CT molecular complexity index is 2270. The molecule has 0 saturated heterocycles. The van der Waals surface area contributed by atoms with Crippen molar-refractivity contribution in [2.24, 2.45) is 10.2 Å². The van der Waals surface area contributed by atoms with Crippen LogP contribution < -0.4 is 80.6 Å². The number of hydrazone groups is 2. The summed E-state index contributed by atoms with van der Waals surface area (Å²) in [6, 6.07) is 23.8. The van der Waals surface area contributed by atoms with Gasteiger partial charge in [-0.15, -0.1) is 0 Å². The fourth-order valence-electron chi connectivity index (χ4n) is 4.98. The van der Waals surface area contributed by atoms with Gasteiger partial charge in [-0.3, -0.25) is 20.4 Å². The molecule has 252 valence electrons. The molecular weight excluding hydrogens is 735 g/mol. The zero-order valence-electron chi connectivity index (χ0n) is 27.3. The molecule has 6 rings (SSSR count). The van der Waals surface area contributed by atoms with Crippen LogP contribution in [0.3, 0.4) is 0 Å². The molecule has 0 spiro atoms. The molecule has 0 fully saturated rings. The summed E-state index contributed by atoms with van der Waals surface area (Å²) in [6.07, 6.45) is 1.96. The molecular formula is C33H22N6Na2O9S2.